The topological polar surface area (TPSA) is 107 Å². The number of carbonyl (C=O) groups is 3. The molecule has 3 heterocycles. The molecule has 3 aliphatic rings. The SMILES string of the molecule is C=CCN(C(=O)C1N(CCCCO)C(=O)[C@@H]2[C@@H](C(=O)O)[C@]3(C)OC12CC3C)c1c(C)cccc1Cl. The third-order valence-corrected chi connectivity index (χ3v) is 8.46. The van der Waals surface area contributed by atoms with Crippen LogP contribution in [-0.4, -0.2) is 69.8 Å². The summed E-state index contributed by atoms with van der Waals surface area (Å²) in [5.41, 5.74) is -0.980. The van der Waals surface area contributed by atoms with E-state index < -0.39 is 35.0 Å². The summed E-state index contributed by atoms with van der Waals surface area (Å²) in [5, 5.41) is 19.8. The molecule has 8 nitrogen and oxygen atoms in total. The summed E-state index contributed by atoms with van der Waals surface area (Å²) < 4.78 is 6.52. The van der Waals surface area contributed by atoms with Gasteiger partial charge in [-0.1, -0.05) is 36.7 Å². The molecule has 0 saturated carbocycles. The number of carboxylic acid groups (broad SMARTS) is 1. The predicted octanol–water partition coefficient (Wildman–Crippen LogP) is 3.04. The van der Waals surface area contributed by atoms with Crippen LogP contribution >= 0.6 is 11.6 Å². The van der Waals surface area contributed by atoms with Crippen molar-refractivity contribution >= 4 is 35.1 Å². The molecule has 190 valence electrons. The number of fused-ring (bicyclic) bond motifs is 1. The summed E-state index contributed by atoms with van der Waals surface area (Å²) in [4.78, 5) is 43.6. The first-order chi connectivity index (χ1) is 16.5. The molecule has 3 fully saturated rings. The number of carbonyl (C=O) groups excluding carboxylic acids is 2. The molecule has 1 spiro atoms. The number of halogens is 1. The molecule has 4 rings (SSSR count). The molecule has 3 aliphatic heterocycles. The predicted molar refractivity (Wildman–Crippen MR) is 131 cm³/mol. The number of unbranched alkanes of at least 4 members (excludes halogenated alkanes) is 1. The van der Waals surface area contributed by atoms with Crippen molar-refractivity contribution in [2.24, 2.45) is 17.8 Å². The van der Waals surface area contributed by atoms with Crippen LogP contribution in [0.3, 0.4) is 0 Å². The number of aliphatic carboxylic acids is 1. The lowest BCUT2D eigenvalue weighted by Crippen LogP contribution is -2.57. The van der Waals surface area contributed by atoms with E-state index >= 15 is 0 Å². The van der Waals surface area contributed by atoms with Gasteiger partial charge in [0, 0.05) is 19.7 Å². The average molecular weight is 505 g/mol. The van der Waals surface area contributed by atoms with Gasteiger partial charge < -0.3 is 24.7 Å². The van der Waals surface area contributed by atoms with Gasteiger partial charge in [0.1, 0.15) is 17.6 Å². The van der Waals surface area contributed by atoms with E-state index in [1.54, 1.807) is 25.1 Å². The van der Waals surface area contributed by atoms with E-state index in [9.17, 15) is 24.6 Å². The highest BCUT2D eigenvalue weighted by atomic mass is 35.5. The second-order valence-corrected chi connectivity index (χ2v) is 10.6. The highest BCUT2D eigenvalue weighted by Crippen LogP contribution is 2.65. The Labute approximate surface area is 210 Å². The summed E-state index contributed by atoms with van der Waals surface area (Å²) >= 11 is 6.53. The Bertz CT molecular complexity index is 1040. The molecule has 0 radical (unpaired) electrons. The lowest BCUT2D eigenvalue weighted by molar-refractivity contribution is -0.156. The van der Waals surface area contributed by atoms with Gasteiger partial charge in [-0.15, -0.1) is 6.58 Å². The van der Waals surface area contributed by atoms with Crippen molar-refractivity contribution in [1.82, 2.24) is 4.90 Å². The van der Waals surface area contributed by atoms with E-state index in [1.165, 1.54) is 9.80 Å². The van der Waals surface area contributed by atoms with Crippen molar-refractivity contribution in [3.8, 4) is 0 Å². The lowest BCUT2D eigenvalue weighted by atomic mass is 9.62. The van der Waals surface area contributed by atoms with E-state index in [-0.39, 0.29) is 37.4 Å². The molecule has 2 bridgehead atoms. The van der Waals surface area contributed by atoms with E-state index in [0.29, 0.717) is 30.0 Å². The minimum atomic E-state index is -1.25. The van der Waals surface area contributed by atoms with Gasteiger partial charge in [0.15, 0.2) is 0 Å². The maximum absolute atomic E-state index is 14.4. The first kappa shape index (κ1) is 25.7. The van der Waals surface area contributed by atoms with Gasteiger partial charge >= 0.3 is 5.97 Å². The third kappa shape index (κ3) is 3.69. The number of aliphatic hydroxyl groups is 1. The number of aryl methyl sites for hydroxylation is 1. The molecule has 0 aliphatic carbocycles. The van der Waals surface area contributed by atoms with Crippen molar-refractivity contribution in [2.45, 2.75) is 57.3 Å². The Morgan fingerprint density at radius 2 is 2.09 bits per heavy atom. The Morgan fingerprint density at radius 3 is 2.69 bits per heavy atom. The number of hydrogen-bond acceptors (Lipinski definition) is 5. The monoisotopic (exact) mass is 504 g/mol. The van der Waals surface area contributed by atoms with Crippen molar-refractivity contribution in [3.05, 3.63) is 41.4 Å². The van der Waals surface area contributed by atoms with Gasteiger partial charge in [-0.05, 0) is 50.7 Å². The molecular formula is C26H33ClN2O6. The molecule has 9 heteroatoms. The molecule has 2 N–H and O–H groups in total. The van der Waals surface area contributed by atoms with Crippen LogP contribution in [0.4, 0.5) is 5.69 Å². The Morgan fingerprint density at radius 1 is 1.37 bits per heavy atom. The maximum Gasteiger partial charge on any atom is 0.310 e. The van der Waals surface area contributed by atoms with Gasteiger partial charge in [-0.2, -0.15) is 0 Å². The van der Waals surface area contributed by atoms with Crippen molar-refractivity contribution < 1.29 is 29.3 Å². The van der Waals surface area contributed by atoms with Crippen LogP contribution in [0.5, 0.6) is 0 Å². The second kappa shape index (κ2) is 9.22. The molecule has 1 aromatic carbocycles. The number of nitrogens with zero attached hydrogens (tertiary/aromatic N) is 2. The number of amides is 2. The standard InChI is InChI=1S/C26H33ClN2O6/c1-5-11-28(20-15(2)9-8-10-17(20)27)23(32)21-26-14-16(3)25(4,35-26)19(24(33)34)18(26)22(31)29(21)12-6-7-13-30/h5,8-10,16,18-19,21,30H,1,6-7,11-14H2,2-4H3,(H,33,34)/t16?,18-,19-,21?,25+,26?/m0/s1. The lowest BCUT2D eigenvalue weighted by Gasteiger charge is -2.37. The third-order valence-electron chi connectivity index (χ3n) is 8.16. The first-order valence-electron chi connectivity index (χ1n) is 12.1. The minimum absolute atomic E-state index is 0.0417. The number of ether oxygens (including phenoxy) is 1. The summed E-state index contributed by atoms with van der Waals surface area (Å²) in [6.45, 7) is 9.66. The molecule has 6 atom stereocenters. The molecular weight excluding hydrogens is 472 g/mol. The zero-order chi connectivity index (χ0) is 25.7. The number of hydrogen-bond donors (Lipinski definition) is 2. The van der Waals surface area contributed by atoms with Crippen molar-refractivity contribution in [2.75, 3.05) is 24.6 Å². The van der Waals surface area contributed by atoms with Gasteiger partial charge in [0.25, 0.3) is 5.91 Å². The molecule has 2 amide bonds. The molecule has 3 unspecified atom stereocenters. The summed E-state index contributed by atoms with van der Waals surface area (Å²) in [6.07, 6.45) is 2.94. The van der Waals surface area contributed by atoms with Gasteiger partial charge in [-0.25, -0.2) is 0 Å². The Kier molecular flexibility index (Phi) is 6.76. The van der Waals surface area contributed by atoms with Crippen LogP contribution in [0.2, 0.25) is 5.02 Å². The van der Waals surface area contributed by atoms with E-state index in [0.717, 1.165) is 5.56 Å². The normalized spacial score (nSPS) is 33.2. The van der Waals surface area contributed by atoms with Gasteiger partial charge in [0.2, 0.25) is 5.91 Å². The average Bonchev–Trinajstić information content (AvgIpc) is 3.30. The summed E-state index contributed by atoms with van der Waals surface area (Å²) in [6, 6.07) is 4.34. The molecule has 35 heavy (non-hydrogen) atoms. The minimum Gasteiger partial charge on any atom is -0.481 e. The number of likely N-dealkylation sites (tertiary alicyclic amines) is 1. The Balaban J connectivity index is 1.85. The fourth-order valence-corrected chi connectivity index (χ4v) is 6.89. The van der Waals surface area contributed by atoms with E-state index in [1.807, 2.05) is 19.9 Å². The summed E-state index contributed by atoms with van der Waals surface area (Å²) in [7, 11) is 0. The summed E-state index contributed by atoms with van der Waals surface area (Å²) in [5.74, 6) is -4.00. The Hall–Kier alpha value is -2.42. The zero-order valence-corrected chi connectivity index (χ0v) is 21.1. The number of carboxylic acids is 1. The highest BCUT2D eigenvalue weighted by molar-refractivity contribution is 6.34. The first-order valence-corrected chi connectivity index (χ1v) is 12.4. The van der Waals surface area contributed by atoms with E-state index in [4.69, 9.17) is 16.3 Å². The van der Waals surface area contributed by atoms with Crippen LogP contribution in [0.25, 0.3) is 0 Å². The van der Waals surface area contributed by atoms with Gasteiger partial charge in [0.05, 0.1) is 22.2 Å². The van der Waals surface area contributed by atoms with Gasteiger partial charge in [-0.3, -0.25) is 14.4 Å². The van der Waals surface area contributed by atoms with Crippen LogP contribution in [0.1, 0.15) is 38.7 Å². The number of aliphatic hydroxyl groups excluding tert-OH is 1. The molecule has 1 aromatic rings. The highest BCUT2D eigenvalue weighted by Gasteiger charge is 2.80. The van der Waals surface area contributed by atoms with Crippen LogP contribution in [0, 0.1) is 24.7 Å². The van der Waals surface area contributed by atoms with E-state index in [2.05, 4.69) is 6.58 Å². The molecule has 3 saturated heterocycles. The largest absolute Gasteiger partial charge is 0.481 e. The number of para-hydroxylation sites is 1. The van der Waals surface area contributed by atoms with Crippen molar-refractivity contribution in [1.29, 1.82) is 0 Å². The van der Waals surface area contributed by atoms with Crippen LogP contribution in [-0.2, 0) is 19.1 Å². The van der Waals surface area contributed by atoms with Crippen molar-refractivity contribution in [3.63, 3.8) is 0 Å². The number of anilines is 1. The molecule has 0 aromatic heterocycles. The zero-order valence-electron chi connectivity index (χ0n) is 20.4. The quantitative estimate of drug-likeness (QED) is 0.395. The maximum atomic E-state index is 14.4. The number of benzene rings is 1. The fourth-order valence-electron chi connectivity index (χ4n) is 6.56. The van der Waals surface area contributed by atoms with Crippen LogP contribution < -0.4 is 4.90 Å². The fraction of sp³-hybridized carbons (Fsp3) is 0.577. The second-order valence-electron chi connectivity index (χ2n) is 10.1. The number of rotatable bonds is 9. The van der Waals surface area contributed by atoms with Crippen LogP contribution in [0.15, 0.2) is 30.9 Å². The smallest absolute Gasteiger partial charge is 0.310 e.